The van der Waals surface area contributed by atoms with Gasteiger partial charge in [0.2, 0.25) is 0 Å². The summed E-state index contributed by atoms with van der Waals surface area (Å²) in [6.45, 7) is 1.60. The number of hydrogen-bond acceptors (Lipinski definition) is 2. The Hall–Kier alpha value is -1.35. The van der Waals surface area contributed by atoms with Gasteiger partial charge in [-0.2, -0.15) is 0 Å². The zero-order valence-corrected chi connectivity index (χ0v) is 11.2. The lowest BCUT2D eigenvalue weighted by Gasteiger charge is -2.22. The van der Waals surface area contributed by atoms with E-state index in [1.165, 1.54) is 36.8 Å². The standard InChI is InChI=1S/C16H21NO2/c18-16(19)9-10-17(14-7-8-14)11-13-3-1-2-4-15(13)12-5-6-12/h1-4,12,14H,5-11H2,(H,18,19). The van der Waals surface area contributed by atoms with Crippen LogP contribution < -0.4 is 0 Å². The molecule has 0 heterocycles. The van der Waals surface area contributed by atoms with Crippen LogP contribution in [-0.2, 0) is 11.3 Å². The van der Waals surface area contributed by atoms with E-state index in [0.29, 0.717) is 12.6 Å². The molecule has 3 nitrogen and oxygen atoms in total. The summed E-state index contributed by atoms with van der Waals surface area (Å²) in [5.74, 6) is 0.0675. The zero-order chi connectivity index (χ0) is 13.2. The molecule has 0 aromatic heterocycles. The fourth-order valence-corrected chi connectivity index (χ4v) is 2.76. The summed E-state index contributed by atoms with van der Waals surface area (Å²) in [5, 5.41) is 8.86. The van der Waals surface area contributed by atoms with Crippen molar-refractivity contribution in [2.45, 2.75) is 50.6 Å². The van der Waals surface area contributed by atoms with Crippen LogP contribution >= 0.6 is 0 Å². The Morgan fingerprint density at radius 2 is 1.95 bits per heavy atom. The van der Waals surface area contributed by atoms with Crippen molar-refractivity contribution < 1.29 is 9.90 Å². The molecule has 1 N–H and O–H groups in total. The summed E-state index contributed by atoms with van der Waals surface area (Å²) in [6.07, 6.45) is 5.34. The predicted molar refractivity (Wildman–Crippen MR) is 74.1 cm³/mol. The monoisotopic (exact) mass is 259 g/mol. The Morgan fingerprint density at radius 1 is 1.21 bits per heavy atom. The summed E-state index contributed by atoms with van der Waals surface area (Å²) in [7, 11) is 0. The second kappa shape index (κ2) is 5.33. The van der Waals surface area contributed by atoms with Crippen molar-refractivity contribution in [3.63, 3.8) is 0 Å². The van der Waals surface area contributed by atoms with Gasteiger partial charge >= 0.3 is 5.97 Å². The van der Waals surface area contributed by atoms with Crippen LogP contribution in [0.5, 0.6) is 0 Å². The largest absolute Gasteiger partial charge is 0.481 e. The van der Waals surface area contributed by atoms with Gasteiger partial charge in [0.1, 0.15) is 0 Å². The second-order valence-electron chi connectivity index (χ2n) is 5.82. The molecule has 2 saturated carbocycles. The number of carboxylic acid groups (broad SMARTS) is 1. The minimum Gasteiger partial charge on any atom is -0.481 e. The molecule has 102 valence electrons. The van der Waals surface area contributed by atoms with Crippen LogP contribution in [0, 0.1) is 0 Å². The molecule has 19 heavy (non-hydrogen) atoms. The Kier molecular flexibility index (Phi) is 3.56. The molecule has 2 aliphatic carbocycles. The molecule has 0 bridgehead atoms. The molecule has 2 fully saturated rings. The van der Waals surface area contributed by atoms with E-state index < -0.39 is 5.97 Å². The molecule has 2 aliphatic rings. The maximum absolute atomic E-state index is 10.8. The minimum absolute atomic E-state index is 0.252. The first-order valence-corrected chi connectivity index (χ1v) is 7.27. The van der Waals surface area contributed by atoms with Gasteiger partial charge in [0, 0.05) is 19.1 Å². The minimum atomic E-state index is -0.693. The summed E-state index contributed by atoms with van der Waals surface area (Å²) in [5.41, 5.74) is 2.89. The molecule has 1 aromatic rings. The molecular weight excluding hydrogens is 238 g/mol. The Bertz CT molecular complexity index is 464. The lowest BCUT2D eigenvalue weighted by atomic mass is 10.0. The molecule has 0 unspecified atom stereocenters. The molecule has 0 aliphatic heterocycles. The topological polar surface area (TPSA) is 40.5 Å². The molecule has 3 rings (SSSR count). The highest BCUT2D eigenvalue weighted by atomic mass is 16.4. The Morgan fingerprint density at radius 3 is 2.58 bits per heavy atom. The Labute approximate surface area is 114 Å². The number of rotatable bonds is 7. The molecule has 0 saturated heterocycles. The van der Waals surface area contributed by atoms with Gasteiger partial charge in [-0.1, -0.05) is 24.3 Å². The van der Waals surface area contributed by atoms with Crippen LogP contribution in [0.1, 0.15) is 49.1 Å². The summed E-state index contributed by atoms with van der Waals surface area (Å²) >= 11 is 0. The normalized spacial score (nSPS) is 18.8. The van der Waals surface area contributed by atoms with E-state index in [9.17, 15) is 4.79 Å². The van der Waals surface area contributed by atoms with E-state index in [-0.39, 0.29) is 6.42 Å². The first-order chi connectivity index (χ1) is 9.24. The SMILES string of the molecule is O=C(O)CCN(Cc1ccccc1C1CC1)C1CC1. The van der Waals surface area contributed by atoms with Crippen molar-refractivity contribution in [3.05, 3.63) is 35.4 Å². The second-order valence-corrected chi connectivity index (χ2v) is 5.82. The number of hydrogen-bond donors (Lipinski definition) is 1. The van der Waals surface area contributed by atoms with Gasteiger partial charge < -0.3 is 5.11 Å². The van der Waals surface area contributed by atoms with Crippen molar-refractivity contribution in [2.75, 3.05) is 6.54 Å². The van der Waals surface area contributed by atoms with E-state index in [2.05, 4.69) is 29.2 Å². The van der Waals surface area contributed by atoms with E-state index >= 15 is 0 Å². The fraction of sp³-hybridized carbons (Fsp3) is 0.562. The highest BCUT2D eigenvalue weighted by Crippen LogP contribution is 2.42. The summed E-state index contributed by atoms with van der Waals surface area (Å²) in [4.78, 5) is 13.1. The van der Waals surface area contributed by atoms with E-state index in [1.54, 1.807) is 0 Å². The first-order valence-electron chi connectivity index (χ1n) is 7.27. The maximum Gasteiger partial charge on any atom is 0.304 e. The van der Waals surface area contributed by atoms with Gasteiger partial charge in [-0.05, 0) is 42.7 Å². The van der Waals surface area contributed by atoms with Gasteiger partial charge in [-0.15, -0.1) is 0 Å². The van der Waals surface area contributed by atoms with Crippen LogP contribution in [0.3, 0.4) is 0 Å². The van der Waals surface area contributed by atoms with Crippen molar-refractivity contribution >= 4 is 5.97 Å². The van der Waals surface area contributed by atoms with Crippen LogP contribution in [0.4, 0.5) is 0 Å². The maximum atomic E-state index is 10.8. The molecule has 1 aromatic carbocycles. The number of benzene rings is 1. The quantitative estimate of drug-likeness (QED) is 0.818. The van der Waals surface area contributed by atoms with Gasteiger partial charge in [0.05, 0.1) is 6.42 Å². The van der Waals surface area contributed by atoms with Crippen molar-refractivity contribution in [1.29, 1.82) is 0 Å². The highest BCUT2D eigenvalue weighted by Gasteiger charge is 2.31. The zero-order valence-electron chi connectivity index (χ0n) is 11.2. The van der Waals surface area contributed by atoms with Crippen LogP contribution in [0.25, 0.3) is 0 Å². The third-order valence-corrected chi connectivity index (χ3v) is 4.12. The summed E-state index contributed by atoms with van der Waals surface area (Å²) < 4.78 is 0. The van der Waals surface area contributed by atoms with Gasteiger partial charge in [-0.3, -0.25) is 9.69 Å². The number of carbonyl (C=O) groups is 1. The molecule has 3 heteroatoms. The van der Waals surface area contributed by atoms with Gasteiger partial charge in [0.15, 0.2) is 0 Å². The fourth-order valence-electron chi connectivity index (χ4n) is 2.76. The molecular formula is C16H21NO2. The van der Waals surface area contributed by atoms with Crippen LogP contribution in [-0.4, -0.2) is 28.6 Å². The smallest absolute Gasteiger partial charge is 0.304 e. The van der Waals surface area contributed by atoms with Gasteiger partial charge in [-0.25, -0.2) is 0 Å². The highest BCUT2D eigenvalue weighted by molar-refractivity contribution is 5.66. The van der Waals surface area contributed by atoms with Crippen molar-refractivity contribution in [3.8, 4) is 0 Å². The van der Waals surface area contributed by atoms with E-state index in [1.807, 2.05) is 0 Å². The average Bonchev–Trinajstić information content (AvgIpc) is 3.28. The van der Waals surface area contributed by atoms with Gasteiger partial charge in [0.25, 0.3) is 0 Å². The summed E-state index contributed by atoms with van der Waals surface area (Å²) in [6, 6.07) is 9.30. The number of nitrogens with zero attached hydrogens (tertiary/aromatic N) is 1. The first kappa shape index (κ1) is 12.7. The third kappa shape index (κ3) is 3.35. The molecule has 0 radical (unpaired) electrons. The number of aliphatic carboxylic acids is 1. The lowest BCUT2D eigenvalue weighted by molar-refractivity contribution is -0.137. The van der Waals surface area contributed by atoms with Crippen molar-refractivity contribution in [2.24, 2.45) is 0 Å². The van der Waals surface area contributed by atoms with E-state index in [4.69, 9.17) is 5.11 Å². The molecule has 0 spiro atoms. The third-order valence-electron chi connectivity index (χ3n) is 4.12. The predicted octanol–water partition coefficient (Wildman–Crippen LogP) is 3.00. The lowest BCUT2D eigenvalue weighted by Crippen LogP contribution is -2.28. The average molecular weight is 259 g/mol. The van der Waals surface area contributed by atoms with Crippen LogP contribution in [0.2, 0.25) is 0 Å². The van der Waals surface area contributed by atoms with Crippen LogP contribution in [0.15, 0.2) is 24.3 Å². The van der Waals surface area contributed by atoms with E-state index in [0.717, 1.165) is 12.5 Å². The number of carboxylic acids is 1. The van der Waals surface area contributed by atoms with Crippen molar-refractivity contribution in [1.82, 2.24) is 4.90 Å². The Balaban J connectivity index is 1.68. The molecule has 0 atom stereocenters. The molecule has 0 amide bonds.